The summed E-state index contributed by atoms with van der Waals surface area (Å²) in [7, 11) is -3.19. The van der Waals surface area contributed by atoms with Crippen LogP contribution in [0, 0.1) is 0 Å². The predicted molar refractivity (Wildman–Crippen MR) is 136 cm³/mol. The summed E-state index contributed by atoms with van der Waals surface area (Å²) in [6.07, 6.45) is 11.8. The molecule has 0 N–H and O–H groups in total. The second-order valence-electron chi connectivity index (χ2n) is 9.70. The van der Waals surface area contributed by atoms with E-state index in [-0.39, 0.29) is 0 Å². The molecule has 0 bridgehead atoms. The number of hydrogen-bond acceptors (Lipinski definition) is 2. The van der Waals surface area contributed by atoms with Crippen LogP contribution < -0.4 is 16.8 Å². The summed E-state index contributed by atoms with van der Waals surface area (Å²) in [6, 6.07) is 18.0. The van der Waals surface area contributed by atoms with E-state index in [1.807, 2.05) is 0 Å². The predicted octanol–water partition coefficient (Wildman–Crippen LogP) is 6.70. The van der Waals surface area contributed by atoms with Gasteiger partial charge in [-0.25, -0.2) is 0 Å². The first kappa shape index (κ1) is 24.3. The molecule has 0 fully saturated rings. The van der Waals surface area contributed by atoms with Gasteiger partial charge in [-0.1, -0.05) is 0 Å². The monoisotopic (exact) mass is 632 g/mol. The van der Waals surface area contributed by atoms with E-state index in [0.29, 0.717) is 0 Å². The van der Waals surface area contributed by atoms with Crippen molar-refractivity contribution in [2.45, 2.75) is 65.0 Å². The standard InChI is InChI=1S/2C9H13OSi.C8H11.Pt/c2*1-11(2,3)10-9-7-5-4-6-8-9;1-2-4-6-8-7-5-3-1;/h2*5-8H,1-3H3;1-2,7H,3-6H2;. The van der Waals surface area contributed by atoms with Crippen LogP contribution in [0.2, 0.25) is 39.3 Å². The Labute approximate surface area is 197 Å². The van der Waals surface area contributed by atoms with Crippen molar-refractivity contribution in [1.29, 1.82) is 0 Å². The molecule has 31 heavy (non-hydrogen) atoms. The third-order valence-electron chi connectivity index (χ3n) is 4.39. The Bertz CT molecular complexity index is 845. The van der Waals surface area contributed by atoms with Crippen molar-refractivity contribution in [2.75, 3.05) is 0 Å². The first-order valence-corrected chi connectivity index (χ1v) is 21.4. The zero-order valence-corrected chi connectivity index (χ0v) is 24.1. The molecule has 2 nitrogen and oxygen atoms in total. The van der Waals surface area contributed by atoms with Crippen LogP contribution in [-0.4, -0.2) is 16.6 Å². The van der Waals surface area contributed by atoms with E-state index in [1.54, 1.807) is 3.96 Å². The van der Waals surface area contributed by atoms with E-state index in [1.165, 1.54) is 14.3 Å². The molecule has 0 saturated heterocycles. The number of benzene rings is 2. The van der Waals surface area contributed by atoms with Gasteiger partial charge in [-0.3, -0.25) is 0 Å². The molecule has 0 aromatic heterocycles. The maximum atomic E-state index is 6.21. The Morgan fingerprint density at radius 3 is 1.52 bits per heavy atom. The van der Waals surface area contributed by atoms with Gasteiger partial charge in [0.2, 0.25) is 0 Å². The Morgan fingerprint density at radius 2 is 1.06 bits per heavy atom. The molecule has 0 amide bonds. The average Bonchev–Trinajstić information content (AvgIpc) is 2.63. The van der Waals surface area contributed by atoms with E-state index in [9.17, 15) is 0 Å². The molecule has 2 aromatic carbocycles. The third kappa shape index (κ3) is 7.93. The summed E-state index contributed by atoms with van der Waals surface area (Å²) in [6.45, 7) is 13.4. The van der Waals surface area contributed by atoms with Crippen molar-refractivity contribution in [3.8, 4) is 11.5 Å². The van der Waals surface area contributed by atoms with Crippen molar-refractivity contribution in [2.24, 2.45) is 0 Å². The molecule has 3 rings (SSSR count). The summed E-state index contributed by atoms with van der Waals surface area (Å²) < 4.78 is 17.1. The van der Waals surface area contributed by atoms with E-state index < -0.39 is 33.9 Å². The molecule has 0 saturated carbocycles. The van der Waals surface area contributed by atoms with Gasteiger partial charge in [0.15, 0.2) is 0 Å². The topological polar surface area (TPSA) is 18.5 Å². The molecule has 0 atom stereocenters. The van der Waals surface area contributed by atoms with Crippen molar-refractivity contribution in [3.05, 3.63) is 70.7 Å². The maximum absolute atomic E-state index is 6.21. The van der Waals surface area contributed by atoms with Crippen LogP contribution in [0.4, 0.5) is 0 Å². The Hall–Kier alpha value is -1.36. The Balaban J connectivity index is 1.93. The van der Waals surface area contributed by atoms with Crippen LogP contribution in [0.25, 0.3) is 0 Å². The fourth-order valence-corrected chi connectivity index (χ4v) is 11.4. The van der Waals surface area contributed by atoms with Crippen LogP contribution >= 0.6 is 0 Å². The van der Waals surface area contributed by atoms with Gasteiger partial charge in [0, 0.05) is 0 Å². The molecule has 0 unspecified atom stereocenters. The summed E-state index contributed by atoms with van der Waals surface area (Å²) in [5, 5.41) is 0. The van der Waals surface area contributed by atoms with Crippen LogP contribution in [0.3, 0.4) is 0 Å². The van der Waals surface area contributed by atoms with Crippen LogP contribution in [0.1, 0.15) is 25.7 Å². The van der Waals surface area contributed by atoms with Gasteiger partial charge < -0.3 is 0 Å². The quantitative estimate of drug-likeness (QED) is 0.250. The second kappa shape index (κ2) is 10.5. The number of hydrogen-bond donors (Lipinski definition) is 0. The van der Waals surface area contributed by atoms with Crippen molar-refractivity contribution < 1.29 is 26.2 Å². The van der Waals surface area contributed by atoms with Gasteiger partial charge in [0.05, 0.1) is 0 Å². The zero-order valence-electron chi connectivity index (χ0n) is 19.8. The molecule has 0 spiro atoms. The van der Waals surface area contributed by atoms with E-state index in [0.717, 1.165) is 30.8 Å². The first-order chi connectivity index (χ1) is 14.6. The number of allylic oxidation sites excluding steroid dienone is 4. The average molecular weight is 633 g/mol. The first-order valence-electron chi connectivity index (χ1n) is 11.1. The summed E-state index contributed by atoms with van der Waals surface area (Å²) in [4.78, 5) is 0. The molecule has 0 aliphatic heterocycles. The molecule has 1 aliphatic carbocycles. The van der Waals surface area contributed by atoms with E-state index >= 15 is 0 Å². The van der Waals surface area contributed by atoms with Gasteiger partial charge in [-0.15, -0.1) is 0 Å². The molecule has 0 heterocycles. The van der Waals surface area contributed by atoms with Crippen LogP contribution in [-0.2, 0) is 17.3 Å². The molecule has 171 valence electrons. The fourth-order valence-electron chi connectivity index (χ4n) is 3.26. The molecule has 2 aromatic rings. The SMILES string of the molecule is C[Si](C)(C)Oc1cc[c]([Pt]([C]2=CCCC=CCC2)[c]2ccc(O[Si](C)(C)C)cc2)cc1. The number of rotatable bonds is 7. The summed E-state index contributed by atoms with van der Waals surface area (Å²) in [5.41, 5.74) is 0. The zero-order chi connectivity index (χ0) is 22.5. The minimum absolute atomic E-state index is 1.01. The summed E-state index contributed by atoms with van der Waals surface area (Å²) in [5.74, 6) is 2.01. The van der Waals surface area contributed by atoms with Crippen molar-refractivity contribution in [3.63, 3.8) is 0 Å². The fraction of sp³-hybridized carbons (Fsp3) is 0.385. The molecule has 0 radical (unpaired) electrons. The van der Waals surface area contributed by atoms with Gasteiger partial charge >= 0.3 is 198 Å². The van der Waals surface area contributed by atoms with E-state index in [2.05, 4.69) is 106 Å². The van der Waals surface area contributed by atoms with Gasteiger partial charge in [-0.2, -0.15) is 0 Å². The van der Waals surface area contributed by atoms with Gasteiger partial charge in [-0.05, 0) is 0 Å². The summed E-state index contributed by atoms with van der Waals surface area (Å²) >= 11 is -1.72. The Morgan fingerprint density at radius 1 is 0.613 bits per heavy atom. The van der Waals surface area contributed by atoms with Gasteiger partial charge in [0.1, 0.15) is 0 Å². The molecular weight excluding hydrogens is 596 g/mol. The van der Waals surface area contributed by atoms with Crippen molar-refractivity contribution >= 4 is 24.5 Å². The van der Waals surface area contributed by atoms with Crippen LogP contribution in [0.15, 0.2) is 70.7 Å². The van der Waals surface area contributed by atoms with Crippen molar-refractivity contribution in [1.82, 2.24) is 0 Å². The third-order valence-corrected chi connectivity index (χ3v) is 12.7. The molecule has 5 heteroatoms. The van der Waals surface area contributed by atoms with E-state index in [4.69, 9.17) is 8.85 Å². The van der Waals surface area contributed by atoms with Crippen LogP contribution in [0.5, 0.6) is 11.5 Å². The van der Waals surface area contributed by atoms with Gasteiger partial charge in [0.25, 0.3) is 0 Å². The molecule has 1 aliphatic rings. The second-order valence-corrected chi connectivity index (χ2v) is 24.3. The minimum atomic E-state index is -1.72. The normalized spacial score (nSPS) is 15.5. The Kier molecular flexibility index (Phi) is 8.23. The molecular formula is C26H37O2PtSi2.